The molecule has 2 N–H and O–H groups in total. The maximum Gasteiger partial charge on any atom is 0.270 e. The number of carbonyl (C=O) groups excluding carboxylic acids is 1. The molecule has 0 aliphatic heterocycles. The van der Waals surface area contributed by atoms with Crippen LogP contribution in [0.1, 0.15) is 41.8 Å². The predicted molar refractivity (Wildman–Crippen MR) is 92.1 cm³/mol. The maximum atomic E-state index is 12.3. The number of benzene rings is 1. The highest BCUT2D eigenvalue weighted by molar-refractivity contribution is 5.96. The van der Waals surface area contributed by atoms with Gasteiger partial charge in [-0.25, -0.2) is 4.98 Å². The Kier molecular flexibility index (Phi) is 4.46. The van der Waals surface area contributed by atoms with E-state index >= 15 is 0 Å². The molecular formula is C18H20N4O2. The lowest BCUT2D eigenvalue weighted by atomic mass is 10.1. The molecular weight excluding hydrogens is 304 g/mol. The van der Waals surface area contributed by atoms with E-state index in [0.717, 1.165) is 28.0 Å². The molecule has 0 fully saturated rings. The lowest BCUT2D eigenvalue weighted by Crippen LogP contribution is -2.23. The first-order valence-electron chi connectivity index (χ1n) is 7.82. The highest BCUT2D eigenvalue weighted by Gasteiger charge is 2.10. The lowest BCUT2D eigenvalue weighted by molar-refractivity contribution is 0.0945. The smallest absolute Gasteiger partial charge is 0.270 e. The maximum absolute atomic E-state index is 12.3. The van der Waals surface area contributed by atoms with Crippen molar-refractivity contribution in [1.82, 2.24) is 20.3 Å². The molecule has 3 aromatic rings. The van der Waals surface area contributed by atoms with Crippen LogP contribution in [0.25, 0.3) is 10.8 Å². The number of methoxy groups -OCH3 is 1. The second-order valence-electron chi connectivity index (χ2n) is 5.91. The summed E-state index contributed by atoms with van der Waals surface area (Å²) in [6.45, 7) is 4.51. The van der Waals surface area contributed by atoms with Gasteiger partial charge in [-0.15, -0.1) is 0 Å². The van der Waals surface area contributed by atoms with Gasteiger partial charge >= 0.3 is 0 Å². The quantitative estimate of drug-likeness (QED) is 0.756. The zero-order valence-corrected chi connectivity index (χ0v) is 14.0. The normalized spacial score (nSPS) is 11.0. The SMILES string of the molecule is COc1ccc2cnc(C(=O)NCc3cnc(C(C)C)[nH]3)cc2c1. The molecule has 6 nitrogen and oxygen atoms in total. The van der Waals surface area contributed by atoms with Gasteiger partial charge in [-0.3, -0.25) is 9.78 Å². The summed E-state index contributed by atoms with van der Waals surface area (Å²) in [7, 11) is 1.62. The number of hydrogen-bond acceptors (Lipinski definition) is 4. The average molecular weight is 324 g/mol. The second kappa shape index (κ2) is 6.70. The van der Waals surface area contributed by atoms with Crippen LogP contribution in [-0.2, 0) is 6.54 Å². The van der Waals surface area contributed by atoms with Gasteiger partial charge in [0.1, 0.15) is 17.3 Å². The van der Waals surface area contributed by atoms with E-state index in [2.05, 4.69) is 34.1 Å². The number of fused-ring (bicyclic) bond motifs is 1. The Morgan fingerprint density at radius 2 is 2.04 bits per heavy atom. The van der Waals surface area contributed by atoms with Crippen molar-refractivity contribution >= 4 is 16.7 Å². The van der Waals surface area contributed by atoms with Crippen molar-refractivity contribution in [2.24, 2.45) is 0 Å². The number of hydrogen-bond donors (Lipinski definition) is 2. The zero-order valence-electron chi connectivity index (χ0n) is 14.0. The fraction of sp³-hybridized carbons (Fsp3) is 0.278. The molecule has 24 heavy (non-hydrogen) atoms. The Balaban J connectivity index is 1.73. The van der Waals surface area contributed by atoms with Crippen LogP contribution in [0.3, 0.4) is 0 Å². The fourth-order valence-corrected chi connectivity index (χ4v) is 2.40. The van der Waals surface area contributed by atoms with Gasteiger partial charge in [-0.1, -0.05) is 13.8 Å². The number of nitrogens with one attached hydrogen (secondary N) is 2. The number of nitrogens with zero attached hydrogens (tertiary/aromatic N) is 2. The number of rotatable bonds is 5. The Bertz CT molecular complexity index is 870. The van der Waals surface area contributed by atoms with E-state index in [0.29, 0.717) is 18.2 Å². The van der Waals surface area contributed by atoms with Crippen molar-refractivity contribution in [2.75, 3.05) is 7.11 Å². The van der Waals surface area contributed by atoms with Crippen LogP contribution in [0.4, 0.5) is 0 Å². The summed E-state index contributed by atoms with van der Waals surface area (Å²) in [5, 5.41) is 4.73. The van der Waals surface area contributed by atoms with E-state index in [1.807, 2.05) is 18.2 Å². The summed E-state index contributed by atoms with van der Waals surface area (Å²) in [6, 6.07) is 7.44. The molecule has 0 saturated heterocycles. The summed E-state index contributed by atoms with van der Waals surface area (Å²) in [6.07, 6.45) is 3.44. The van der Waals surface area contributed by atoms with Gasteiger partial charge in [0.2, 0.25) is 0 Å². The molecule has 0 bridgehead atoms. The highest BCUT2D eigenvalue weighted by Crippen LogP contribution is 2.20. The zero-order chi connectivity index (χ0) is 17.1. The Morgan fingerprint density at radius 1 is 1.21 bits per heavy atom. The number of ether oxygens (including phenoxy) is 1. The van der Waals surface area contributed by atoms with Crippen molar-refractivity contribution in [3.05, 3.63) is 53.9 Å². The van der Waals surface area contributed by atoms with E-state index in [4.69, 9.17) is 4.74 Å². The third-order valence-corrected chi connectivity index (χ3v) is 3.80. The Morgan fingerprint density at radius 3 is 2.75 bits per heavy atom. The number of amides is 1. The number of pyridine rings is 1. The minimum absolute atomic E-state index is 0.222. The first-order chi connectivity index (χ1) is 11.6. The molecule has 0 radical (unpaired) electrons. The third kappa shape index (κ3) is 3.37. The van der Waals surface area contributed by atoms with Crippen molar-refractivity contribution in [3.8, 4) is 5.75 Å². The van der Waals surface area contributed by atoms with Crippen LogP contribution >= 0.6 is 0 Å². The van der Waals surface area contributed by atoms with Gasteiger partial charge in [0.25, 0.3) is 5.91 Å². The van der Waals surface area contributed by atoms with Crippen molar-refractivity contribution in [3.63, 3.8) is 0 Å². The standard InChI is InChI=1S/C18H20N4O2/c1-11(2)17-20-9-14(22-17)10-21-18(23)16-7-13-6-15(24-3)5-4-12(13)8-19-16/h4-9,11H,10H2,1-3H3,(H,20,22)(H,21,23). The largest absolute Gasteiger partial charge is 0.497 e. The van der Waals surface area contributed by atoms with Crippen LogP contribution < -0.4 is 10.1 Å². The molecule has 3 rings (SSSR count). The molecule has 0 atom stereocenters. The van der Waals surface area contributed by atoms with Gasteiger partial charge in [0, 0.05) is 17.5 Å². The first-order valence-corrected chi connectivity index (χ1v) is 7.82. The van der Waals surface area contributed by atoms with Gasteiger partial charge < -0.3 is 15.0 Å². The number of aromatic amines is 1. The van der Waals surface area contributed by atoms with Crippen LogP contribution in [0.2, 0.25) is 0 Å². The lowest BCUT2D eigenvalue weighted by Gasteiger charge is -2.06. The molecule has 0 aliphatic rings. The van der Waals surface area contributed by atoms with E-state index in [1.54, 1.807) is 25.6 Å². The summed E-state index contributed by atoms with van der Waals surface area (Å²) in [5.74, 6) is 1.76. The average Bonchev–Trinajstić information content (AvgIpc) is 3.08. The predicted octanol–water partition coefficient (Wildman–Crippen LogP) is 3.02. The van der Waals surface area contributed by atoms with Crippen molar-refractivity contribution in [2.45, 2.75) is 26.3 Å². The van der Waals surface area contributed by atoms with E-state index in [-0.39, 0.29) is 5.91 Å². The monoisotopic (exact) mass is 324 g/mol. The van der Waals surface area contributed by atoms with Crippen LogP contribution in [0.15, 0.2) is 36.7 Å². The van der Waals surface area contributed by atoms with Crippen molar-refractivity contribution < 1.29 is 9.53 Å². The van der Waals surface area contributed by atoms with E-state index in [9.17, 15) is 4.79 Å². The highest BCUT2D eigenvalue weighted by atomic mass is 16.5. The second-order valence-corrected chi connectivity index (χ2v) is 5.91. The number of imidazole rings is 1. The van der Waals surface area contributed by atoms with Crippen LogP contribution in [0.5, 0.6) is 5.75 Å². The molecule has 0 saturated carbocycles. The molecule has 0 aliphatic carbocycles. The molecule has 2 aromatic heterocycles. The topological polar surface area (TPSA) is 79.9 Å². The molecule has 124 valence electrons. The van der Waals surface area contributed by atoms with Crippen molar-refractivity contribution in [1.29, 1.82) is 0 Å². The summed E-state index contributed by atoms with van der Waals surface area (Å²) < 4.78 is 5.22. The fourth-order valence-electron chi connectivity index (χ4n) is 2.40. The van der Waals surface area contributed by atoms with Crippen LogP contribution in [-0.4, -0.2) is 28.0 Å². The molecule has 2 heterocycles. The first kappa shape index (κ1) is 16.0. The van der Waals surface area contributed by atoms with Gasteiger partial charge in [0.05, 0.1) is 25.5 Å². The third-order valence-electron chi connectivity index (χ3n) is 3.80. The Labute approximate surface area is 140 Å². The molecule has 0 unspecified atom stereocenters. The minimum Gasteiger partial charge on any atom is -0.497 e. The summed E-state index contributed by atoms with van der Waals surface area (Å²) in [4.78, 5) is 24.0. The van der Waals surface area contributed by atoms with Gasteiger partial charge in [-0.05, 0) is 29.7 Å². The summed E-state index contributed by atoms with van der Waals surface area (Å²) >= 11 is 0. The van der Waals surface area contributed by atoms with Gasteiger partial charge in [0.15, 0.2) is 0 Å². The van der Waals surface area contributed by atoms with Gasteiger partial charge in [-0.2, -0.15) is 0 Å². The number of H-pyrrole nitrogens is 1. The van der Waals surface area contributed by atoms with E-state index < -0.39 is 0 Å². The molecule has 0 spiro atoms. The molecule has 1 amide bonds. The number of carbonyl (C=O) groups is 1. The minimum atomic E-state index is -0.222. The molecule has 1 aromatic carbocycles. The van der Waals surface area contributed by atoms with Crippen LogP contribution in [0, 0.1) is 0 Å². The summed E-state index contributed by atoms with van der Waals surface area (Å²) in [5.41, 5.74) is 1.24. The molecule has 6 heteroatoms. The Hall–Kier alpha value is -2.89. The van der Waals surface area contributed by atoms with E-state index in [1.165, 1.54) is 0 Å². The number of aromatic nitrogens is 3.